The van der Waals surface area contributed by atoms with Crippen LogP contribution in [0.25, 0.3) is 0 Å². The van der Waals surface area contributed by atoms with Crippen LogP contribution in [0.15, 0.2) is 18.2 Å². The number of hydrogen-bond donors (Lipinski definition) is 1. The Bertz CT molecular complexity index is 323. The van der Waals surface area contributed by atoms with Crippen molar-refractivity contribution in [2.45, 2.75) is 33.7 Å². The highest BCUT2D eigenvalue weighted by Gasteiger charge is 2.00. The maximum Gasteiger partial charge on any atom is 0.119 e. The highest BCUT2D eigenvalue weighted by atomic mass is 16.5. The second kappa shape index (κ2) is 6.54. The molecule has 0 amide bonds. The Morgan fingerprint density at radius 1 is 1.31 bits per heavy atom. The van der Waals surface area contributed by atoms with Gasteiger partial charge < -0.3 is 10.1 Å². The van der Waals surface area contributed by atoms with Crippen LogP contribution >= 0.6 is 0 Å². The lowest BCUT2D eigenvalue weighted by atomic mass is 10.1. The molecule has 0 bridgehead atoms. The lowest BCUT2D eigenvalue weighted by Crippen LogP contribution is -2.20. The number of hydrogen-bond acceptors (Lipinski definition) is 2. The van der Waals surface area contributed by atoms with Gasteiger partial charge in [0, 0.05) is 6.54 Å². The minimum absolute atomic E-state index is 0.742. The van der Waals surface area contributed by atoms with E-state index in [-0.39, 0.29) is 0 Å². The molecule has 16 heavy (non-hydrogen) atoms. The molecule has 0 radical (unpaired) electrons. The lowest BCUT2D eigenvalue weighted by Gasteiger charge is -2.11. The topological polar surface area (TPSA) is 21.3 Å². The smallest absolute Gasteiger partial charge is 0.119 e. The van der Waals surface area contributed by atoms with Crippen molar-refractivity contribution in [3.63, 3.8) is 0 Å². The summed E-state index contributed by atoms with van der Waals surface area (Å²) in [5.41, 5.74) is 2.54. The molecule has 0 spiro atoms. The molecule has 0 aliphatic rings. The van der Waals surface area contributed by atoms with Crippen LogP contribution in [0.1, 0.15) is 31.4 Å². The van der Waals surface area contributed by atoms with E-state index in [1.54, 1.807) is 7.11 Å². The van der Waals surface area contributed by atoms with Gasteiger partial charge in [-0.15, -0.1) is 0 Å². The molecule has 0 aliphatic heterocycles. The van der Waals surface area contributed by atoms with Crippen molar-refractivity contribution in [1.82, 2.24) is 5.32 Å². The van der Waals surface area contributed by atoms with Crippen LogP contribution in [0.4, 0.5) is 0 Å². The number of aryl methyl sites for hydroxylation is 1. The van der Waals surface area contributed by atoms with Crippen LogP contribution < -0.4 is 10.1 Å². The van der Waals surface area contributed by atoms with Crippen molar-refractivity contribution in [1.29, 1.82) is 0 Å². The lowest BCUT2D eigenvalue weighted by molar-refractivity contribution is 0.413. The summed E-state index contributed by atoms with van der Waals surface area (Å²) in [6, 6.07) is 6.35. The van der Waals surface area contributed by atoms with Gasteiger partial charge in [-0.3, -0.25) is 0 Å². The van der Waals surface area contributed by atoms with Crippen molar-refractivity contribution in [2.24, 2.45) is 5.92 Å². The third-order valence-corrected chi connectivity index (χ3v) is 2.87. The third-order valence-electron chi connectivity index (χ3n) is 2.87. The molecule has 2 heteroatoms. The Hall–Kier alpha value is -1.02. The third kappa shape index (κ3) is 4.23. The molecule has 1 atom stereocenters. The summed E-state index contributed by atoms with van der Waals surface area (Å²) in [6.45, 7) is 8.59. The summed E-state index contributed by atoms with van der Waals surface area (Å²) in [5.74, 6) is 1.69. The van der Waals surface area contributed by atoms with Gasteiger partial charge in [-0.05, 0) is 42.6 Å². The fraction of sp³-hybridized carbons (Fsp3) is 0.571. The first kappa shape index (κ1) is 13.0. The van der Waals surface area contributed by atoms with Crippen molar-refractivity contribution >= 4 is 0 Å². The molecule has 0 heterocycles. The Labute approximate surface area is 99.0 Å². The van der Waals surface area contributed by atoms with E-state index in [2.05, 4.69) is 44.3 Å². The Balaban J connectivity index is 2.50. The van der Waals surface area contributed by atoms with Gasteiger partial charge in [0.2, 0.25) is 0 Å². The number of nitrogens with one attached hydrogen (secondary N) is 1. The van der Waals surface area contributed by atoms with E-state index in [1.165, 1.54) is 17.5 Å². The van der Waals surface area contributed by atoms with Crippen LogP contribution in [0, 0.1) is 12.8 Å². The average molecular weight is 221 g/mol. The SMILES string of the molecule is CCC(C)CNCc1cc(C)cc(OC)c1. The van der Waals surface area contributed by atoms with Gasteiger partial charge in [-0.1, -0.05) is 26.3 Å². The molecule has 90 valence electrons. The molecule has 1 N–H and O–H groups in total. The second-order valence-corrected chi connectivity index (χ2v) is 4.50. The van der Waals surface area contributed by atoms with Crippen LogP contribution in [-0.4, -0.2) is 13.7 Å². The molecule has 0 aliphatic carbocycles. The Kier molecular flexibility index (Phi) is 5.33. The first-order valence-electron chi connectivity index (χ1n) is 6.01. The fourth-order valence-electron chi connectivity index (χ4n) is 1.65. The predicted octanol–water partition coefficient (Wildman–Crippen LogP) is 3.14. The summed E-state index contributed by atoms with van der Waals surface area (Å²) in [4.78, 5) is 0. The molecule has 0 aromatic heterocycles. The molecular formula is C14H23NO. The summed E-state index contributed by atoms with van der Waals surface area (Å²) < 4.78 is 5.26. The molecule has 0 fully saturated rings. The molecule has 1 aromatic rings. The highest BCUT2D eigenvalue weighted by molar-refractivity contribution is 5.33. The largest absolute Gasteiger partial charge is 0.497 e. The van der Waals surface area contributed by atoms with Crippen LogP contribution in [0.3, 0.4) is 0 Å². The number of rotatable bonds is 6. The zero-order valence-electron chi connectivity index (χ0n) is 10.8. The molecule has 0 saturated heterocycles. The summed E-state index contributed by atoms with van der Waals surface area (Å²) in [5, 5.41) is 3.48. The minimum atomic E-state index is 0.742. The monoisotopic (exact) mass is 221 g/mol. The predicted molar refractivity (Wildman–Crippen MR) is 68.9 cm³/mol. The molecular weight excluding hydrogens is 198 g/mol. The molecule has 1 aromatic carbocycles. The van der Waals surface area contributed by atoms with Crippen molar-refractivity contribution in [3.05, 3.63) is 29.3 Å². The normalized spacial score (nSPS) is 12.5. The van der Waals surface area contributed by atoms with Gasteiger partial charge in [-0.25, -0.2) is 0 Å². The Morgan fingerprint density at radius 3 is 2.69 bits per heavy atom. The van der Waals surface area contributed by atoms with E-state index in [4.69, 9.17) is 4.74 Å². The molecule has 0 saturated carbocycles. The maximum atomic E-state index is 5.26. The zero-order valence-corrected chi connectivity index (χ0v) is 10.8. The van der Waals surface area contributed by atoms with Crippen LogP contribution in [-0.2, 0) is 6.54 Å². The van der Waals surface area contributed by atoms with E-state index in [9.17, 15) is 0 Å². The first-order chi connectivity index (χ1) is 7.65. The van der Waals surface area contributed by atoms with E-state index in [0.717, 1.165) is 24.8 Å². The van der Waals surface area contributed by atoms with Gasteiger partial charge in [-0.2, -0.15) is 0 Å². The van der Waals surface area contributed by atoms with E-state index in [0.29, 0.717) is 0 Å². The van der Waals surface area contributed by atoms with E-state index >= 15 is 0 Å². The van der Waals surface area contributed by atoms with Crippen molar-refractivity contribution in [2.75, 3.05) is 13.7 Å². The van der Waals surface area contributed by atoms with Crippen molar-refractivity contribution in [3.8, 4) is 5.75 Å². The average Bonchev–Trinajstić information content (AvgIpc) is 2.28. The summed E-state index contributed by atoms with van der Waals surface area (Å²) in [7, 11) is 1.71. The zero-order chi connectivity index (χ0) is 12.0. The summed E-state index contributed by atoms with van der Waals surface area (Å²) in [6.07, 6.45) is 1.23. The molecule has 1 rings (SSSR count). The second-order valence-electron chi connectivity index (χ2n) is 4.50. The van der Waals surface area contributed by atoms with E-state index in [1.807, 2.05) is 0 Å². The van der Waals surface area contributed by atoms with Gasteiger partial charge in [0.25, 0.3) is 0 Å². The minimum Gasteiger partial charge on any atom is -0.497 e. The molecule has 2 nitrogen and oxygen atoms in total. The van der Waals surface area contributed by atoms with Gasteiger partial charge in [0.05, 0.1) is 7.11 Å². The number of benzene rings is 1. The Morgan fingerprint density at radius 2 is 2.06 bits per heavy atom. The van der Waals surface area contributed by atoms with Gasteiger partial charge in [0.1, 0.15) is 5.75 Å². The quantitative estimate of drug-likeness (QED) is 0.797. The van der Waals surface area contributed by atoms with Gasteiger partial charge in [0.15, 0.2) is 0 Å². The van der Waals surface area contributed by atoms with E-state index < -0.39 is 0 Å². The summed E-state index contributed by atoms with van der Waals surface area (Å²) >= 11 is 0. The van der Waals surface area contributed by atoms with Crippen LogP contribution in [0.5, 0.6) is 5.75 Å². The van der Waals surface area contributed by atoms with Gasteiger partial charge >= 0.3 is 0 Å². The fourth-order valence-corrected chi connectivity index (χ4v) is 1.65. The molecule has 1 unspecified atom stereocenters. The first-order valence-corrected chi connectivity index (χ1v) is 6.01. The maximum absolute atomic E-state index is 5.26. The van der Waals surface area contributed by atoms with Crippen molar-refractivity contribution < 1.29 is 4.74 Å². The number of ether oxygens (including phenoxy) is 1. The van der Waals surface area contributed by atoms with Crippen LogP contribution in [0.2, 0.25) is 0 Å². The highest BCUT2D eigenvalue weighted by Crippen LogP contribution is 2.16. The number of methoxy groups -OCH3 is 1. The standard InChI is InChI=1S/C14H23NO/c1-5-11(2)9-15-10-13-6-12(3)7-14(8-13)16-4/h6-8,11,15H,5,9-10H2,1-4H3.